The lowest BCUT2D eigenvalue weighted by Gasteiger charge is -2.19. The molecule has 108 valence electrons. The van der Waals surface area contributed by atoms with Crippen LogP contribution >= 0.6 is 34.2 Å². The molecule has 0 saturated carbocycles. The lowest BCUT2D eigenvalue weighted by molar-refractivity contribution is -0.143. The quantitative estimate of drug-likeness (QED) is 0.550. The molecule has 1 aromatic rings. The van der Waals surface area contributed by atoms with Crippen LogP contribution < -0.4 is 10.6 Å². The molecule has 0 unspecified atom stereocenters. The lowest BCUT2D eigenvalue weighted by atomic mass is 10.3. The number of carbonyl (C=O) groups is 2. The van der Waals surface area contributed by atoms with E-state index in [-0.39, 0.29) is 0 Å². The first-order chi connectivity index (χ1) is 9.58. The summed E-state index contributed by atoms with van der Waals surface area (Å²) >= 11 is 8.17. The molecule has 2 amide bonds. The number of carbonyl (C=O) groups excluding carboxylic acids is 2. The molecule has 20 heavy (non-hydrogen) atoms. The molecule has 1 aromatic carbocycles. The highest BCUT2D eigenvalue weighted by atomic mass is 127. The van der Waals surface area contributed by atoms with Gasteiger partial charge in [-0.1, -0.05) is 11.6 Å². The average Bonchev–Trinajstić information content (AvgIpc) is 2.70. The molecule has 1 fully saturated rings. The molecule has 7 heteroatoms. The van der Waals surface area contributed by atoms with Gasteiger partial charge in [0.1, 0.15) is 0 Å². The summed E-state index contributed by atoms with van der Waals surface area (Å²) in [5.74, 6) is -1.15. The average molecular weight is 408 g/mol. The van der Waals surface area contributed by atoms with E-state index in [0.717, 1.165) is 16.5 Å². The van der Waals surface area contributed by atoms with Crippen LogP contribution in [0.4, 0.5) is 5.69 Å². The Morgan fingerprint density at radius 3 is 2.85 bits per heavy atom. The van der Waals surface area contributed by atoms with Crippen molar-refractivity contribution in [1.29, 1.82) is 0 Å². The second kappa shape index (κ2) is 7.24. The molecule has 2 N–H and O–H groups in total. The number of anilines is 1. The van der Waals surface area contributed by atoms with Gasteiger partial charge >= 0.3 is 11.8 Å². The van der Waals surface area contributed by atoms with E-state index in [1.54, 1.807) is 17.0 Å². The van der Waals surface area contributed by atoms with Gasteiger partial charge in [-0.05, 0) is 53.8 Å². The molecule has 1 aliphatic rings. The number of halogens is 2. The fraction of sp³-hybridized carbons (Fsp3) is 0.385. The summed E-state index contributed by atoms with van der Waals surface area (Å²) in [5.41, 5.74) is 0.457. The van der Waals surface area contributed by atoms with Gasteiger partial charge in [-0.15, -0.1) is 0 Å². The maximum Gasteiger partial charge on any atom is 0.313 e. The fourth-order valence-electron chi connectivity index (χ4n) is 1.96. The first-order valence-corrected chi connectivity index (χ1v) is 7.79. The smallest absolute Gasteiger partial charge is 0.313 e. The highest BCUT2D eigenvalue weighted by molar-refractivity contribution is 14.1. The van der Waals surface area contributed by atoms with Gasteiger partial charge in [-0.3, -0.25) is 9.59 Å². The fourth-order valence-corrected chi connectivity index (χ4v) is 2.86. The van der Waals surface area contributed by atoms with Crippen molar-refractivity contribution in [1.82, 2.24) is 10.2 Å². The van der Waals surface area contributed by atoms with Crippen LogP contribution in [-0.2, 0) is 9.59 Å². The molecule has 5 nitrogen and oxygen atoms in total. The molecule has 0 atom stereocenters. The predicted octanol–water partition coefficient (Wildman–Crippen LogP) is 1.70. The van der Waals surface area contributed by atoms with E-state index in [4.69, 9.17) is 11.6 Å². The lowest BCUT2D eigenvalue weighted by Crippen LogP contribution is -2.41. The third-order valence-corrected chi connectivity index (χ3v) is 3.98. The second-order valence-electron chi connectivity index (χ2n) is 4.47. The molecule has 0 bridgehead atoms. The van der Waals surface area contributed by atoms with Crippen LogP contribution in [0, 0.1) is 3.57 Å². The van der Waals surface area contributed by atoms with Crippen LogP contribution in [0.15, 0.2) is 18.2 Å². The highest BCUT2D eigenvalue weighted by Crippen LogP contribution is 2.23. The van der Waals surface area contributed by atoms with Gasteiger partial charge in [0.05, 0.1) is 10.7 Å². The monoisotopic (exact) mass is 407 g/mol. The minimum atomic E-state index is -0.644. The van der Waals surface area contributed by atoms with Gasteiger partial charge < -0.3 is 15.5 Å². The van der Waals surface area contributed by atoms with E-state index in [1.165, 1.54) is 0 Å². The van der Waals surface area contributed by atoms with Crippen molar-refractivity contribution in [2.45, 2.75) is 6.42 Å². The first kappa shape index (κ1) is 15.5. The molecule has 0 radical (unpaired) electrons. The Labute approximate surface area is 136 Å². The molecule has 0 spiro atoms. The Morgan fingerprint density at radius 2 is 2.10 bits per heavy atom. The molecule has 0 aromatic heterocycles. The SMILES string of the molecule is O=C(Nc1ccc(I)cc1Cl)C(=O)N1CCCNCC1. The maximum absolute atomic E-state index is 12.1. The van der Waals surface area contributed by atoms with Crippen LogP contribution in [0.25, 0.3) is 0 Å². The summed E-state index contributed by atoms with van der Waals surface area (Å²) in [5, 5.41) is 6.18. The van der Waals surface area contributed by atoms with Crippen molar-refractivity contribution in [3.63, 3.8) is 0 Å². The van der Waals surface area contributed by atoms with Crippen molar-refractivity contribution >= 4 is 51.7 Å². The van der Waals surface area contributed by atoms with Crippen molar-refractivity contribution in [3.8, 4) is 0 Å². The maximum atomic E-state index is 12.1. The summed E-state index contributed by atoms with van der Waals surface area (Å²) in [4.78, 5) is 25.6. The van der Waals surface area contributed by atoms with Gasteiger partial charge in [0.2, 0.25) is 0 Å². The zero-order valence-electron chi connectivity index (χ0n) is 10.8. The van der Waals surface area contributed by atoms with E-state index in [1.807, 2.05) is 6.07 Å². The summed E-state index contributed by atoms with van der Waals surface area (Å²) < 4.78 is 0.968. The minimum Gasteiger partial charge on any atom is -0.333 e. The van der Waals surface area contributed by atoms with E-state index >= 15 is 0 Å². The Morgan fingerprint density at radius 1 is 1.30 bits per heavy atom. The molecular weight excluding hydrogens is 393 g/mol. The van der Waals surface area contributed by atoms with E-state index in [2.05, 4.69) is 33.2 Å². The molecule has 1 saturated heterocycles. The Balaban J connectivity index is 2.01. The summed E-state index contributed by atoms with van der Waals surface area (Å²) in [6.45, 7) is 2.73. The standard InChI is InChI=1S/C13H15ClIN3O2/c14-10-8-9(15)2-3-11(10)17-12(19)13(20)18-6-1-4-16-5-7-18/h2-3,8,16H,1,4-7H2,(H,17,19). The third kappa shape index (κ3) is 4.07. The summed E-state index contributed by atoms with van der Waals surface area (Å²) in [6.07, 6.45) is 0.851. The third-order valence-electron chi connectivity index (χ3n) is 3.00. The zero-order valence-corrected chi connectivity index (χ0v) is 13.7. The van der Waals surface area contributed by atoms with Crippen molar-refractivity contribution in [2.24, 2.45) is 0 Å². The van der Waals surface area contributed by atoms with Crippen LogP contribution in [0.5, 0.6) is 0 Å². The molecular formula is C13H15ClIN3O2. The second-order valence-corrected chi connectivity index (χ2v) is 6.13. The Hall–Kier alpha value is -0.860. The van der Waals surface area contributed by atoms with E-state index in [9.17, 15) is 9.59 Å². The Bertz CT molecular complexity index is 516. The first-order valence-electron chi connectivity index (χ1n) is 6.34. The topological polar surface area (TPSA) is 61.4 Å². The van der Waals surface area contributed by atoms with Crippen molar-refractivity contribution < 1.29 is 9.59 Å². The van der Waals surface area contributed by atoms with Gasteiger partial charge in [0.25, 0.3) is 0 Å². The van der Waals surface area contributed by atoms with Gasteiger partial charge in [0.15, 0.2) is 0 Å². The number of hydrogen-bond acceptors (Lipinski definition) is 3. The van der Waals surface area contributed by atoms with E-state index in [0.29, 0.717) is 30.3 Å². The van der Waals surface area contributed by atoms with Gasteiger partial charge in [-0.25, -0.2) is 0 Å². The van der Waals surface area contributed by atoms with Crippen molar-refractivity contribution in [3.05, 3.63) is 26.8 Å². The van der Waals surface area contributed by atoms with Crippen LogP contribution in [0.2, 0.25) is 5.02 Å². The summed E-state index contributed by atoms with van der Waals surface area (Å²) in [7, 11) is 0. The number of nitrogens with zero attached hydrogens (tertiary/aromatic N) is 1. The molecule has 1 aliphatic heterocycles. The largest absolute Gasteiger partial charge is 0.333 e. The number of nitrogens with one attached hydrogen (secondary N) is 2. The Kier molecular flexibility index (Phi) is 5.62. The minimum absolute atomic E-state index is 0.426. The van der Waals surface area contributed by atoms with Gasteiger partial charge in [-0.2, -0.15) is 0 Å². The predicted molar refractivity (Wildman–Crippen MR) is 86.9 cm³/mol. The highest BCUT2D eigenvalue weighted by Gasteiger charge is 2.23. The van der Waals surface area contributed by atoms with Crippen molar-refractivity contribution in [2.75, 3.05) is 31.5 Å². The number of rotatable bonds is 1. The van der Waals surface area contributed by atoms with E-state index < -0.39 is 11.8 Å². The van der Waals surface area contributed by atoms with Crippen LogP contribution in [-0.4, -0.2) is 42.9 Å². The normalized spacial score (nSPS) is 15.6. The number of benzene rings is 1. The number of hydrogen-bond donors (Lipinski definition) is 2. The van der Waals surface area contributed by atoms with Gasteiger partial charge in [0, 0.05) is 23.2 Å². The molecule has 0 aliphatic carbocycles. The van der Waals surface area contributed by atoms with Crippen LogP contribution in [0.3, 0.4) is 0 Å². The van der Waals surface area contributed by atoms with Crippen LogP contribution in [0.1, 0.15) is 6.42 Å². The summed E-state index contributed by atoms with van der Waals surface area (Å²) in [6, 6.07) is 5.25. The molecule has 1 heterocycles. The molecule has 2 rings (SSSR count). The number of amides is 2. The zero-order chi connectivity index (χ0) is 14.5.